The summed E-state index contributed by atoms with van der Waals surface area (Å²) in [5.41, 5.74) is 0.941. The van der Waals surface area contributed by atoms with Gasteiger partial charge in [0.2, 0.25) is 6.20 Å². The van der Waals surface area contributed by atoms with Gasteiger partial charge in [-0.05, 0) is 68.1 Å². The van der Waals surface area contributed by atoms with Gasteiger partial charge in [-0.15, -0.1) is 4.57 Å². The van der Waals surface area contributed by atoms with Crippen molar-refractivity contribution in [3.8, 4) is 6.07 Å². The standard InChI is InChI=1S/C28H23ClN6O4/c1-2-34-24-10-7-18(13-22(24)26(37)35(28(34)39)15-17-5-6-17)25(36)33-11-3-4-21(16-33)32-27(38)31-20-8-9-23(29)19(12-20)14-30/h3-4,7-13,16-17H,2,5-6,15H2,1H3,(H-,31,32,38)/p+1. The van der Waals surface area contributed by atoms with Crippen LogP contribution in [0.15, 0.2) is 70.5 Å². The smallest absolute Gasteiger partial charge is 0.308 e. The van der Waals surface area contributed by atoms with Crippen molar-refractivity contribution in [3.05, 3.63) is 97.9 Å². The Kier molecular flexibility index (Phi) is 7.00. The van der Waals surface area contributed by atoms with Crippen molar-refractivity contribution in [1.29, 1.82) is 5.26 Å². The van der Waals surface area contributed by atoms with E-state index in [1.807, 2.05) is 13.0 Å². The van der Waals surface area contributed by atoms with Crippen LogP contribution in [-0.4, -0.2) is 21.1 Å². The molecule has 1 aliphatic carbocycles. The fourth-order valence-corrected chi connectivity index (χ4v) is 4.55. The number of amides is 2. The first-order valence-electron chi connectivity index (χ1n) is 12.4. The summed E-state index contributed by atoms with van der Waals surface area (Å²) in [6, 6.07) is 13.8. The van der Waals surface area contributed by atoms with E-state index in [0.717, 1.165) is 12.8 Å². The van der Waals surface area contributed by atoms with Crippen molar-refractivity contribution in [3.63, 3.8) is 0 Å². The van der Waals surface area contributed by atoms with Crippen molar-refractivity contribution in [2.45, 2.75) is 32.9 Å². The normalized spacial score (nSPS) is 12.6. The molecule has 2 aromatic heterocycles. The van der Waals surface area contributed by atoms with Gasteiger partial charge in [0.15, 0.2) is 6.20 Å². The van der Waals surface area contributed by atoms with Crippen molar-refractivity contribution >= 4 is 45.8 Å². The minimum Gasteiger partial charge on any atom is -0.308 e. The molecule has 1 fully saturated rings. The number of hydrogen-bond acceptors (Lipinski definition) is 5. The first kappa shape index (κ1) is 25.9. The molecule has 0 bridgehead atoms. The lowest BCUT2D eigenvalue weighted by molar-refractivity contribution is -0.569. The number of rotatable bonds is 6. The Morgan fingerprint density at radius 3 is 2.56 bits per heavy atom. The lowest BCUT2D eigenvalue weighted by atomic mass is 10.1. The van der Waals surface area contributed by atoms with E-state index in [-0.39, 0.29) is 21.8 Å². The first-order chi connectivity index (χ1) is 18.8. The molecule has 2 amide bonds. The van der Waals surface area contributed by atoms with E-state index >= 15 is 0 Å². The van der Waals surface area contributed by atoms with Crippen LogP contribution in [0.25, 0.3) is 10.9 Å². The quantitative estimate of drug-likeness (QED) is 0.358. The molecule has 0 aliphatic heterocycles. The summed E-state index contributed by atoms with van der Waals surface area (Å²) in [5, 5.41) is 15.0. The number of aromatic nitrogens is 3. The number of halogens is 1. The fraction of sp³-hybridized carbons (Fsp3) is 0.214. The predicted molar refractivity (Wildman–Crippen MR) is 146 cm³/mol. The summed E-state index contributed by atoms with van der Waals surface area (Å²) >= 11 is 5.93. The van der Waals surface area contributed by atoms with Crippen LogP contribution in [0.4, 0.5) is 16.2 Å². The number of nitrogens with one attached hydrogen (secondary N) is 2. The molecule has 5 rings (SSSR count). The molecule has 0 spiro atoms. The largest absolute Gasteiger partial charge is 0.424 e. The summed E-state index contributed by atoms with van der Waals surface area (Å²) in [6.07, 6.45) is 4.97. The maximum atomic E-state index is 13.3. The van der Waals surface area contributed by atoms with Crippen molar-refractivity contribution < 1.29 is 14.2 Å². The number of nitriles is 1. The first-order valence-corrected chi connectivity index (χ1v) is 12.8. The zero-order valence-electron chi connectivity index (χ0n) is 21.0. The second-order valence-corrected chi connectivity index (χ2v) is 9.72. The molecular weight excluding hydrogens is 520 g/mol. The molecular formula is C28H24ClN6O4+. The van der Waals surface area contributed by atoms with Crippen LogP contribution in [0, 0.1) is 17.2 Å². The number of anilines is 2. The van der Waals surface area contributed by atoms with Gasteiger partial charge in [-0.25, -0.2) is 14.4 Å². The number of carbonyl (C=O) groups is 2. The molecule has 0 unspecified atom stereocenters. The number of benzene rings is 2. The van der Waals surface area contributed by atoms with E-state index in [9.17, 15) is 19.2 Å². The number of carbonyl (C=O) groups excluding carboxylic acids is 2. The zero-order chi connectivity index (χ0) is 27.7. The summed E-state index contributed by atoms with van der Waals surface area (Å²) in [4.78, 5) is 52.0. The monoisotopic (exact) mass is 543 g/mol. The predicted octanol–water partition coefficient (Wildman–Crippen LogP) is 3.74. The Balaban J connectivity index is 1.40. The summed E-state index contributed by atoms with van der Waals surface area (Å²) in [6.45, 7) is 2.61. The Bertz CT molecular complexity index is 1800. The van der Waals surface area contributed by atoms with Crippen LogP contribution in [0.2, 0.25) is 5.02 Å². The minimum atomic E-state index is -0.578. The van der Waals surface area contributed by atoms with E-state index in [2.05, 4.69) is 10.6 Å². The number of hydrogen-bond donors (Lipinski definition) is 2. The van der Waals surface area contributed by atoms with Gasteiger partial charge in [-0.2, -0.15) is 5.26 Å². The van der Waals surface area contributed by atoms with Gasteiger partial charge in [-0.3, -0.25) is 13.9 Å². The Morgan fingerprint density at radius 2 is 1.85 bits per heavy atom. The van der Waals surface area contributed by atoms with Crippen molar-refractivity contribution in [2.24, 2.45) is 5.92 Å². The molecule has 1 saturated carbocycles. The molecule has 0 atom stereocenters. The highest BCUT2D eigenvalue weighted by molar-refractivity contribution is 6.31. The third-order valence-electron chi connectivity index (χ3n) is 6.56. The molecule has 0 saturated heterocycles. The molecule has 2 N–H and O–H groups in total. The highest BCUT2D eigenvalue weighted by Crippen LogP contribution is 2.29. The molecule has 2 aromatic carbocycles. The Labute approximate surface area is 227 Å². The van der Waals surface area contributed by atoms with E-state index in [1.54, 1.807) is 34.9 Å². The average Bonchev–Trinajstić information content (AvgIpc) is 3.76. The molecule has 10 nitrogen and oxygen atoms in total. The van der Waals surface area contributed by atoms with E-state index in [4.69, 9.17) is 16.9 Å². The number of pyridine rings is 1. The fourth-order valence-electron chi connectivity index (χ4n) is 4.39. The van der Waals surface area contributed by atoms with Crippen LogP contribution >= 0.6 is 11.6 Å². The number of fused-ring (bicyclic) bond motifs is 1. The van der Waals surface area contributed by atoms with Crippen LogP contribution in [0.3, 0.4) is 0 Å². The van der Waals surface area contributed by atoms with E-state index in [0.29, 0.717) is 41.3 Å². The van der Waals surface area contributed by atoms with Gasteiger partial charge >= 0.3 is 17.6 Å². The van der Waals surface area contributed by atoms with Gasteiger partial charge < -0.3 is 10.6 Å². The SMILES string of the molecule is CCn1c(=O)n(CC2CC2)c(=O)c2cc(C(=O)[n+]3cccc(NC(=O)Nc4ccc(Cl)c(C#N)c4)c3)ccc21. The summed E-state index contributed by atoms with van der Waals surface area (Å²) < 4.78 is 4.11. The van der Waals surface area contributed by atoms with Crippen LogP contribution in [0.5, 0.6) is 0 Å². The molecule has 196 valence electrons. The van der Waals surface area contributed by atoms with Crippen molar-refractivity contribution in [2.75, 3.05) is 10.6 Å². The number of aryl methyl sites for hydroxylation is 1. The maximum Gasteiger partial charge on any atom is 0.424 e. The lowest BCUT2D eigenvalue weighted by Crippen LogP contribution is -2.43. The third kappa shape index (κ3) is 5.30. The minimum absolute atomic E-state index is 0.225. The Hall–Kier alpha value is -4.75. The molecule has 1 aliphatic rings. The van der Waals surface area contributed by atoms with E-state index < -0.39 is 17.5 Å². The number of nitrogens with zero attached hydrogens (tertiary/aromatic N) is 4. The second-order valence-electron chi connectivity index (χ2n) is 9.31. The molecule has 4 aromatic rings. The lowest BCUT2D eigenvalue weighted by Gasteiger charge is -2.12. The molecule has 11 heteroatoms. The van der Waals surface area contributed by atoms with Gasteiger partial charge in [0.1, 0.15) is 11.8 Å². The Morgan fingerprint density at radius 1 is 1.08 bits per heavy atom. The molecule has 39 heavy (non-hydrogen) atoms. The zero-order valence-corrected chi connectivity index (χ0v) is 21.7. The maximum absolute atomic E-state index is 13.3. The van der Waals surface area contributed by atoms with E-state index in [1.165, 1.54) is 39.7 Å². The van der Waals surface area contributed by atoms with Crippen LogP contribution in [0.1, 0.15) is 35.7 Å². The third-order valence-corrected chi connectivity index (χ3v) is 6.89. The van der Waals surface area contributed by atoms with Crippen molar-refractivity contribution in [1.82, 2.24) is 9.13 Å². The van der Waals surface area contributed by atoms with Gasteiger partial charge in [0, 0.05) is 24.8 Å². The average molecular weight is 544 g/mol. The second kappa shape index (κ2) is 10.6. The van der Waals surface area contributed by atoms with Crippen LogP contribution < -0.4 is 26.4 Å². The van der Waals surface area contributed by atoms with Crippen LogP contribution in [-0.2, 0) is 13.1 Å². The van der Waals surface area contributed by atoms with Gasteiger partial charge in [-0.1, -0.05) is 11.6 Å². The van der Waals surface area contributed by atoms with Gasteiger partial charge in [0.25, 0.3) is 5.56 Å². The molecule has 2 heterocycles. The molecule has 0 radical (unpaired) electrons. The number of urea groups is 1. The van der Waals surface area contributed by atoms with Gasteiger partial charge in [0.05, 0.1) is 27.1 Å². The highest BCUT2D eigenvalue weighted by Gasteiger charge is 2.26. The highest BCUT2D eigenvalue weighted by atomic mass is 35.5. The summed E-state index contributed by atoms with van der Waals surface area (Å²) in [5.74, 6) is -0.0845. The summed E-state index contributed by atoms with van der Waals surface area (Å²) in [7, 11) is 0. The topological polar surface area (TPSA) is 130 Å².